The lowest BCUT2D eigenvalue weighted by Crippen LogP contribution is -2.09. The van der Waals surface area contributed by atoms with Crippen molar-refractivity contribution < 1.29 is 9.90 Å². The van der Waals surface area contributed by atoms with Crippen LogP contribution in [0, 0.1) is 6.92 Å². The maximum atomic E-state index is 10.8. The van der Waals surface area contributed by atoms with Gasteiger partial charge in [0.2, 0.25) is 0 Å². The number of hydrogen-bond acceptors (Lipinski definition) is 1. The molecule has 0 spiro atoms. The number of aryl methyl sites for hydroxylation is 1. The molecule has 0 amide bonds. The van der Waals surface area contributed by atoms with Gasteiger partial charge >= 0.3 is 5.97 Å². The van der Waals surface area contributed by atoms with E-state index in [9.17, 15) is 4.79 Å². The van der Waals surface area contributed by atoms with Crippen LogP contribution in [0.3, 0.4) is 0 Å². The summed E-state index contributed by atoms with van der Waals surface area (Å²) in [5.41, 5.74) is 2.41. The average Bonchev–Trinajstić information content (AvgIpc) is 2.01. The minimum absolute atomic E-state index is 0.0337. The normalized spacial score (nSPS) is 11.4. The molecular formula is C11H13IO2. The van der Waals surface area contributed by atoms with Gasteiger partial charge < -0.3 is 5.11 Å². The Morgan fingerprint density at radius 2 is 1.93 bits per heavy atom. The van der Waals surface area contributed by atoms with Gasteiger partial charge in [-0.05, 0) is 44.0 Å². The van der Waals surface area contributed by atoms with Gasteiger partial charge in [-0.15, -0.1) is 0 Å². The molecule has 0 saturated carbocycles. The van der Waals surface area contributed by atoms with E-state index in [0.29, 0.717) is 5.56 Å². The van der Waals surface area contributed by atoms with Crippen LogP contribution in [0.2, 0.25) is 0 Å². The molecule has 1 rings (SSSR count). The number of carbonyl (C=O) groups is 1. The quantitative estimate of drug-likeness (QED) is 0.672. The first-order valence-electron chi connectivity index (χ1n) is 4.35. The van der Waals surface area contributed by atoms with Crippen LogP contribution < -0.4 is 0 Å². The molecular weight excluding hydrogens is 291 g/mol. The van der Waals surface area contributed by atoms with Crippen molar-refractivity contribution in [3.8, 4) is 0 Å². The van der Waals surface area contributed by atoms with Gasteiger partial charge in [-0.3, -0.25) is 0 Å². The van der Waals surface area contributed by atoms with Crippen molar-refractivity contribution >= 4 is 28.6 Å². The summed E-state index contributed by atoms with van der Waals surface area (Å²) in [6.07, 6.45) is 0. The zero-order valence-corrected chi connectivity index (χ0v) is 10.6. The van der Waals surface area contributed by atoms with Crippen LogP contribution in [0.4, 0.5) is 0 Å². The molecule has 0 aliphatic carbocycles. The molecule has 1 aromatic rings. The zero-order chi connectivity index (χ0) is 10.9. The molecule has 3 heteroatoms. The van der Waals surface area contributed by atoms with Crippen molar-refractivity contribution in [2.24, 2.45) is 0 Å². The topological polar surface area (TPSA) is 37.3 Å². The fourth-order valence-corrected chi connectivity index (χ4v) is 1.56. The van der Waals surface area contributed by atoms with Crippen molar-refractivity contribution in [1.82, 2.24) is 0 Å². The fraction of sp³-hybridized carbons (Fsp3) is 0.364. The molecule has 76 valence electrons. The summed E-state index contributed by atoms with van der Waals surface area (Å²) in [5.74, 6) is -0.865. The molecule has 1 aromatic carbocycles. The minimum atomic E-state index is -0.865. The number of rotatable bonds is 2. The minimum Gasteiger partial charge on any atom is -0.478 e. The molecule has 0 saturated heterocycles. The second-order valence-corrected chi connectivity index (χ2v) is 6.56. The maximum Gasteiger partial charge on any atom is 0.335 e. The van der Waals surface area contributed by atoms with Crippen LogP contribution in [0.25, 0.3) is 0 Å². The van der Waals surface area contributed by atoms with Gasteiger partial charge in [0, 0.05) is 3.42 Å². The smallest absolute Gasteiger partial charge is 0.335 e. The Morgan fingerprint density at radius 1 is 1.36 bits per heavy atom. The fourth-order valence-electron chi connectivity index (χ4n) is 1.25. The molecule has 0 atom stereocenters. The van der Waals surface area contributed by atoms with E-state index in [-0.39, 0.29) is 3.42 Å². The summed E-state index contributed by atoms with van der Waals surface area (Å²) in [5, 5.41) is 8.90. The molecule has 0 bridgehead atoms. The predicted molar refractivity (Wildman–Crippen MR) is 65.2 cm³/mol. The third-order valence-electron chi connectivity index (χ3n) is 2.01. The zero-order valence-electron chi connectivity index (χ0n) is 8.47. The molecule has 0 radical (unpaired) electrons. The second kappa shape index (κ2) is 3.88. The molecule has 0 heterocycles. The van der Waals surface area contributed by atoms with E-state index in [1.165, 1.54) is 0 Å². The highest BCUT2D eigenvalue weighted by Crippen LogP contribution is 2.31. The van der Waals surface area contributed by atoms with E-state index in [2.05, 4.69) is 36.4 Å². The maximum absolute atomic E-state index is 10.8. The summed E-state index contributed by atoms with van der Waals surface area (Å²) < 4.78 is -0.0337. The van der Waals surface area contributed by atoms with E-state index in [1.807, 2.05) is 13.0 Å². The third-order valence-corrected chi connectivity index (χ3v) is 2.63. The lowest BCUT2D eigenvalue weighted by atomic mass is 9.98. The van der Waals surface area contributed by atoms with Gasteiger partial charge in [-0.2, -0.15) is 0 Å². The van der Waals surface area contributed by atoms with Crippen LogP contribution >= 0.6 is 22.6 Å². The lowest BCUT2D eigenvalue weighted by Gasteiger charge is -2.18. The summed E-state index contributed by atoms with van der Waals surface area (Å²) in [6.45, 7) is 6.04. The summed E-state index contributed by atoms with van der Waals surface area (Å²) in [7, 11) is 0. The number of hydrogen-bond donors (Lipinski definition) is 1. The Morgan fingerprint density at radius 3 is 2.36 bits per heavy atom. The highest BCUT2D eigenvalue weighted by Gasteiger charge is 2.17. The van der Waals surface area contributed by atoms with Gasteiger partial charge in [-0.1, -0.05) is 28.7 Å². The van der Waals surface area contributed by atoms with Crippen molar-refractivity contribution in [1.29, 1.82) is 0 Å². The van der Waals surface area contributed by atoms with Gasteiger partial charge in [0.1, 0.15) is 0 Å². The molecule has 2 nitrogen and oxygen atoms in total. The molecule has 0 aromatic heterocycles. The van der Waals surface area contributed by atoms with Crippen LogP contribution in [-0.4, -0.2) is 11.1 Å². The number of carboxylic acids is 1. The van der Waals surface area contributed by atoms with Crippen molar-refractivity contribution in [2.45, 2.75) is 24.2 Å². The largest absolute Gasteiger partial charge is 0.478 e. The van der Waals surface area contributed by atoms with E-state index in [4.69, 9.17) is 5.11 Å². The third kappa shape index (κ3) is 2.70. The van der Waals surface area contributed by atoms with E-state index < -0.39 is 5.97 Å². The number of carboxylic acid groups (broad SMARTS) is 1. The van der Waals surface area contributed by atoms with Crippen molar-refractivity contribution in [3.05, 3.63) is 34.9 Å². The first-order chi connectivity index (χ1) is 6.30. The Labute approximate surface area is 97.5 Å². The summed E-state index contributed by atoms with van der Waals surface area (Å²) >= 11 is 2.31. The molecule has 0 fully saturated rings. The Kier molecular flexibility index (Phi) is 3.19. The van der Waals surface area contributed by atoms with Crippen molar-refractivity contribution in [3.63, 3.8) is 0 Å². The Hall–Kier alpha value is -0.580. The molecule has 14 heavy (non-hydrogen) atoms. The van der Waals surface area contributed by atoms with E-state index in [0.717, 1.165) is 11.1 Å². The number of benzene rings is 1. The standard InChI is InChI=1S/C11H13IO2/c1-7-4-8(10(13)14)6-9(5-7)11(2,3)12/h4-6H,1-3H3,(H,13,14). The van der Waals surface area contributed by atoms with E-state index in [1.54, 1.807) is 12.1 Å². The highest BCUT2D eigenvalue weighted by atomic mass is 127. The first kappa shape index (κ1) is 11.5. The Bertz CT molecular complexity index is 364. The molecule has 0 aliphatic rings. The summed E-state index contributed by atoms with van der Waals surface area (Å²) in [4.78, 5) is 10.8. The number of alkyl halides is 1. The molecule has 1 N–H and O–H groups in total. The van der Waals surface area contributed by atoms with Crippen LogP contribution in [0.15, 0.2) is 18.2 Å². The highest BCUT2D eigenvalue weighted by molar-refractivity contribution is 14.1. The van der Waals surface area contributed by atoms with Gasteiger partial charge in [0.25, 0.3) is 0 Å². The van der Waals surface area contributed by atoms with Crippen LogP contribution in [0.5, 0.6) is 0 Å². The molecule has 0 aliphatic heterocycles. The number of aromatic carboxylic acids is 1. The SMILES string of the molecule is Cc1cc(C(=O)O)cc(C(C)(C)I)c1. The lowest BCUT2D eigenvalue weighted by molar-refractivity contribution is 0.0696. The van der Waals surface area contributed by atoms with Gasteiger partial charge in [0.15, 0.2) is 0 Å². The summed E-state index contributed by atoms with van der Waals surface area (Å²) in [6, 6.07) is 5.45. The second-order valence-electron chi connectivity index (χ2n) is 3.87. The van der Waals surface area contributed by atoms with Crippen LogP contribution in [-0.2, 0) is 3.42 Å². The first-order valence-corrected chi connectivity index (χ1v) is 5.43. The monoisotopic (exact) mass is 304 g/mol. The average molecular weight is 304 g/mol. The van der Waals surface area contributed by atoms with Gasteiger partial charge in [0.05, 0.1) is 5.56 Å². The van der Waals surface area contributed by atoms with Gasteiger partial charge in [-0.25, -0.2) is 4.79 Å². The van der Waals surface area contributed by atoms with E-state index >= 15 is 0 Å². The predicted octanol–water partition coefficient (Wildman–Crippen LogP) is 3.36. The van der Waals surface area contributed by atoms with Crippen LogP contribution in [0.1, 0.15) is 35.3 Å². The van der Waals surface area contributed by atoms with Crippen molar-refractivity contribution in [2.75, 3.05) is 0 Å². The Balaban J connectivity index is 3.28. The molecule has 0 unspecified atom stereocenters. The number of halogens is 1.